The fraction of sp³-hybridized carbons (Fsp3) is 0.235. The summed E-state index contributed by atoms with van der Waals surface area (Å²) in [6.07, 6.45) is -0.571. The van der Waals surface area contributed by atoms with Gasteiger partial charge in [0.15, 0.2) is 6.10 Å². The second kappa shape index (κ2) is 6.76. The predicted octanol–water partition coefficient (Wildman–Crippen LogP) is 4.47. The van der Waals surface area contributed by atoms with Crippen LogP contribution in [0.1, 0.15) is 18.1 Å². The van der Waals surface area contributed by atoms with Gasteiger partial charge in [0, 0.05) is 10.2 Å². The Morgan fingerprint density at radius 1 is 1.14 bits per heavy atom. The van der Waals surface area contributed by atoms with Crippen molar-refractivity contribution >= 4 is 27.5 Å². The van der Waals surface area contributed by atoms with Crippen molar-refractivity contribution in [2.24, 2.45) is 0 Å². The molecule has 1 atom stereocenters. The van der Waals surface area contributed by atoms with Gasteiger partial charge in [-0.25, -0.2) is 0 Å². The normalized spacial score (nSPS) is 11.8. The third-order valence-corrected chi connectivity index (χ3v) is 3.70. The van der Waals surface area contributed by atoms with Crippen LogP contribution in [0.15, 0.2) is 46.9 Å². The number of amides is 1. The van der Waals surface area contributed by atoms with Gasteiger partial charge >= 0.3 is 0 Å². The van der Waals surface area contributed by atoms with E-state index in [0.29, 0.717) is 5.75 Å². The molecular formula is C17H18BrNO2. The van der Waals surface area contributed by atoms with Gasteiger partial charge in [0.05, 0.1) is 0 Å². The number of hydrogen-bond acceptors (Lipinski definition) is 2. The van der Waals surface area contributed by atoms with Gasteiger partial charge < -0.3 is 10.1 Å². The van der Waals surface area contributed by atoms with Crippen molar-refractivity contribution in [3.63, 3.8) is 0 Å². The van der Waals surface area contributed by atoms with Crippen molar-refractivity contribution in [1.82, 2.24) is 0 Å². The van der Waals surface area contributed by atoms with Gasteiger partial charge in [-0.1, -0.05) is 40.2 Å². The molecule has 0 aliphatic heterocycles. The van der Waals surface area contributed by atoms with Crippen LogP contribution in [0.3, 0.4) is 0 Å². The third-order valence-electron chi connectivity index (χ3n) is 3.21. The Labute approximate surface area is 133 Å². The molecule has 0 saturated carbocycles. The van der Waals surface area contributed by atoms with E-state index in [-0.39, 0.29) is 5.91 Å². The van der Waals surface area contributed by atoms with Crippen LogP contribution in [0.5, 0.6) is 5.75 Å². The molecule has 0 aliphatic rings. The first kappa shape index (κ1) is 15.6. The van der Waals surface area contributed by atoms with Crippen LogP contribution in [0.2, 0.25) is 0 Å². The van der Waals surface area contributed by atoms with Gasteiger partial charge in [0.25, 0.3) is 5.91 Å². The maximum absolute atomic E-state index is 12.3. The van der Waals surface area contributed by atoms with Gasteiger partial charge in [0.2, 0.25) is 0 Å². The molecule has 2 aromatic rings. The smallest absolute Gasteiger partial charge is 0.265 e. The quantitative estimate of drug-likeness (QED) is 0.885. The number of aryl methyl sites for hydroxylation is 2. The van der Waals surface area contributed by atoms with Gasteiger partial charge in [-0.15, -0.1) is 0 Å². The van der Waals surface area contributed by atoms with Gasteiger partial charge in [-0.2, -0.15) is 0 Å². The van der Waals surface area contributed by atoms with E-state index in [9.17, 15) is 4.79 Å². The highest BCUT2D eigenvalue weighted by Gasteiger charge is 2.16. The summed E-state index contributed by atoms with van der Waals surface area (Å²) in [5.74, 6) is 0.501. The molecule has 0 bridgehead atoms. The molecule has 1 amide bonds. The number of nitrogens with one attached hydrogen (secondary N) is 1. The maximum atomic E-state index is 12.3. The average molecular weight is 348 g/mol. The van der Waals surface area contributed by atoms with Crippen LogP contribution in [0.25, 0.3) is 0 Å². The van der Waals surface area contributed by atoms with Gasteiger partial charge in [-0.05, 0) is 50.1 Å². The number of carbonyl (C=O) groups is 1. The van der Waals surface area contributed by atoms with E-state index in [1.807, 2.05) is 56.3 Å². The Morgan fingerprint density at radius 3 is 2.38 bits per heavy atom. The second-order valence-electron chi connectivity index (χ2n) is 4.97. The molecule has 0 fully saturated rings. The number of halogens is 1. The molecule has 110 valence electrons. The number of carbonyl (C=O) groups excluding carboxylic acids is 1. The van der Waals surface area contributed by atoms with Crippen LogP contribution in [0.4, 0.5) is 5.69 Å². The topological polar surface area (TPSA) is 38.3 Å². The van der Waals surface area contributed by atoms with Crippen LogP contribution < -0.4 is 10.1 Å². The van der Waals surface area contributed by atoms with E-state index in [2.05, 4.69) is 21.2 Å². The summed E-state index contributed by atoms with van der Waals surface area (Å²) >= 11 is 3.38. The molecule has 2 rings (SSSR count). The van der Waals surface area contributed by atoms with E-state index >= 15 is 0 Å². The molecule has 0 spiro atoms. The molecule has 0 heterocycles. The van der Waals surface area contributed by atoms with Crippen molar-refractivity contribution in [2.75, 3.05) is 5.32 Å². The fourth-order valence-corrected chi connectivity index (χ4v) is 2.41. The van der Waals surface area contributed by atoms with Crippen molar-refractivity contribution in [1.29, 1.82) is 0 Å². The van der Waals surface area contributed by atoms with E-state index < -0.39 is 6.10 Å². The Morgan fingerprint density at radius 2 is 1.76 bits per heavy atom. The zero-order chi connectivity index (χ0) is 15.4. The molecular weight excluding hydrogens is 330 g/mol. The lowest BCUT2D eigenvalue weighted by Crippen LogP contribution is -2.30. The number of rotatable bonds is 4. The van der Waals surface area contributed by atoms with Crippen LogP contribution in [-0.4, -0.2) is 12.0 Å². The van der Waals surface area contributed by atoms with Crippen LogP contribution in [-0.2, 0) is 4.79 Å². The van der Waals surface area contributed by atoms with Crippen molar-refractivity contribution < 1.29 is 9.53 Å². The molecule has 0 unspecified atom stereocenters. The first-order valence-electron chi connectivity index (χ1n) is 6.76. The van der Waals surface area contributed by atoms with Gasteiger partial charge in [-0.3, -0.25) is 4.79 Å². The highest BCUT2D eigenvalue weighted by Crippen LogP contribution is 2.21. The summed E-state index contributed by atoms with van der Waals surface area (Å²) in [5.41, 5.74) is 2.93. The van der Waals surface area contributed by atoms with E-state index in [1.54, 1.807) is 6.92 Å². The van der Waals surface area contributed by atoms with E-state index in [0.717, 1.165) is 21.3 Å². The number of hydrogen-bond donors (Lipinski definition) is 1. The highest BCUT2D eigenvalue weighted by atomic mass is 79.9. The minimum Gasteiger partial charge on any atom is -0.481 e. The summed E-state index contributed by atoms with van der Waals surface area (Å²) in [5, 5.41) is 2.94. The van der Waals surface area contributed by atoms with E-state index in [1.165, 1.54) is 0 Å². The van der Waals surface area contributed by atoms with E-state index in [4.69, 9.17) is 4.74 Å². The standard InChI is InChI=1S/C17H18BrNO2/c1-11-6-4-7-12(2)16(11)19-17(20)13(3)21-15-9-5-8-14(18)10-15/h4-10,13H,1-3H3,(H,19,20)/t13-/m1/s1. The maximum Gasteiger partial charge on any atom is 0.265 e. The lowest BCUT2D eigenvalue weighted by molar-refractivity contribution is -0.122. The molecule has 0 saturated heterocycles. The van der Waals surface area contributed by atoms with Crippen molar-refractivity contribution in [3.8, 4) is 5.75 Å². The predicted molar refractivity (Wildman–Crippen MR) is 88.8 cm³/mol. The van der Waals surface area contributed by atoms with Gasteiger partial charge in [0.1, 0.15) is 5.75 Å². The number of anilines is 1. The lowest BCUT2D eigenvalue weighted by Gasteiger charge is -2.17. The molecule has 21 heavy (non-hydrogen) atoms. The summed E-state index contributed by atoms with van der Waals surface area (Å²) in [4.78, 5) is 12.3. The van der Waals surface area contributed by atoms with Crippen LogP contribution in [0, 0.1) is 13.8 Å². The molecule has 0 aliphatic carbocycles. The molecule has 1 N–H and O–H groups in total. The Balaban J connectivity index is 2.06. The minimum absolute atomic E-state index is 0.160. The second-order valence-corrected chi connectivity index (χ2v) is 5.89. The molecule has 0 aromatic heterocycles. The SMILES string of the molecule is Cc1cccc(C)c1NC(=O)[C@@H](C)Oc1cccc(Br)c1. The first-order valence-corrected chi connectivity index (χ1v) is 7.56. The Kier molecular flexibility index (Phi) is 5.02. The average Bonchev–Trinajstić information content (AvgIpc) is 2.43. The molecule has 4 heteroatoms. The molecule has 2 aromatic carbocycles. The van der Waals surface area contributed by atoms with Crippen molar-refractivity contribution in [3.05, 3.63) is 58.1 Å². The summed E-state index contributed by atoms with van der Waals surface area (Å²) < 4.78 is 6.59. The molecule has 3 nitrogen and oxygen atoms in total. The third kappa shape index (κ3) is 4.08. The summed E-state index contributed by atoms with van der Waals surface area (Å²) in [6.45, 7) is 5.69. The molecule has 0 radical (unpaired) electrons. The Hall–Kier alpha value is -1.81. The van der Waals surface area contributed by atoms with Crippen molar-refractivity contribution in [2.45, 2.75) is 26.9 Å². The zero-order valence-corrected chi connectivity index (χ0v) is 13.9. The Bertz CT molecular complexity index is 635. The number of para-hydroxylation sites is 1. The summed E-state index contributed by atoms with van der Waals surface area (Å²) in [6, 6.07) is 13.4. The largest absolute Gasteiger partial charge is 0.481 e. The number of ether oxygens (including phenoxy) is 1. The highest BCUT2D eigenvalue weighted by molar-refractivity contribution is 9.10. The lowest BCUT2D eigenvalue weighted by atomic mass is 10.1. The monoisotopic (exact) mass is 347 g/mol. The zero-order valence-electron chi connectivity index (χ0n) is 12.3. The number of benzene rings is 2. The first-order chi connectivity index (χ1) is 9.97. The summed E-state index contributed by atoms with van der Waals surface area (Å²) in [7, 11) is 0. The fourth-order valence-electron chi connectivity index (χ4n) is 2.03. The van der Waals surface area contributed by atoms with Crippen LogP contribution >= 0.6 is 15.9 Å². The minimum atomic E-state index is -0.571.